The van der Waals surface area contributed by atoms with Crippen LogP contribution in [0, 0.1) is 0 Å². The van der Waals surface area contributed by atoms with Crippen LogP contribution in [0.25, 0.3) is 0 Å². The van der Waals surface area contributed by atoms with Crippen molar-refractivity contribution in [2.45, 2.75) is 316 Å². The summed E-state index contributed by atoms with van der Waals surface area (Å²) in [5, 5.41) is 0. The molecule has 1 unspecified atom stereocenters. The normalized spacial score (nSPS) is 12.5. The number of unbranched alkanes of at least 4 members (excludes halogenated alkanes) is 33. The molecule has 416 valence electrons. The van der Waals surface area contributed by atoms with Crippen LogP contribution in [0.5, 0.6) is 0 Å². The standard InChI is InChI=1S/C66H116O6/c1-4-7-10-13-16-19-22-25-28-31-32-33-36-38-41-44-47-50-53-56-59-65(68)71-62-63(72-66(69)60-57-54-51-48-45-42-39-35-30-27-24-21-18-15-12-9-6-3)61-70-64(67)58-55-52-49-46-43-40-37-34-29-26-23-20-17-14-11-8-5-2/h9,12,18,21,26-27,29-30,39,42,48,51,63H,4-8,10-11,13-17,19-20,22-25,28,31-38,40-41,43-47,49-50,52-62H2,1-3H3/b12-9-,21-18-,29-26-,30-27-,42-39-,51-48-. The molecule has 72 heavy (non-hydrogen) atoms. The van der Waals surface area contributed by atoms with Crippen LogP contribution in [-0.2, 0) is 28.6 Å². The molecule has 6 nitrogen and oxygen atoms in total. The molecule has 1 atom stereocenters. The van der Waals surface area contributed by atoms with Gasteiger partial charge in [0.05, 0.1) is 0 Å². The van der Waals surface area contributed by atoms with Crippen molar-refractivity contribution < 1.29 is 28.6 Å². The van der Waals surface area contributed by atoms with Gasteiger partial charge in [0, 0.05) is 19.3 Å². The maximum absolute atomic E-state index is 12.9. The van der Waals surface area contributed by atoms with Gasteiger partial charge in [0.15, 0.2) is 6.10 Å². The van der Waals surface area contributed by atoms with E-state index in [1.807, 2.05) is 0 Å². The Labute approximate surface area is 446 Å². The Morgan fingerprint density at radius 3 is 0.903 bits per heavy atom. The summed E-state index contributed by atoms with van der Waals surface area (Å²) in [7, 11) is 0. The smallest absolute Gasteiger partial charge is 0.306 e. The molecule has 0 radical (unpaired) electrons. The Morgan fingerprint density at radius 1 is 0.292 bits per heavy atom. The molecule has 0 rings (SSSR count). The number of ether oxygens (including phenoxy) is 3. The minimum Gasteiger partial charge on any atom is -0.462 e. The SMILES string of the molecule is CC/C=C\C/C=C\C/C=C\C/C=C\C/C=C\CCCC(=O)OC(COC(=O)CCCCCCCCC/C=C\CCCCCCCC)COC(=O)CCCCCCCCCCCCCCCCCCCCCC. The minimum atomic E-state index is -0.806. The lowest BCUT2D eigenvalue weighted by Gasteiger charge is -2.18. The number of hydrogen-bond acceptors (Lipinski definition) is 6. The lowest BCUT2D eigenvalue weighted by Crippen LogP contribution is -2.30. The van der Waals surface area contributed by atoms with Crippen LogP contribution >= 0.6 is 0 Å². The number of hydrogen-bond donors (Lipinski definition) is 0. The lowest BCUT2D eigenvalue weighted by molar-refractivity contribution is -0.167. The fraction of sp³-hybridized carbons (Fsp3) is 0.773. The third-order valence-electron chi connectivity index (χ3n) is 13.4. The van der Waals surface area contributed by atoms with Gasteiger partial charge in [-0.2, -0.15) is 0 Å². The molecule has 0 spiro atoms. The Kier molecular flexibility index (Phi) is 57.8. The minimum absolute atomic E-state index is 0.0965. The highest BCUT2D eigenvalue weighted by Gasteiger charge is 2.19. The van der Waals surface area contributed by atoms with E-state index in [0.29, 0.717) is 19.3 Å². The highest BCUT2D eigenvalue weighted by Crippen LogP contribution is 2.17. The van der Waals surface area contributed by atoms with E-state index in [-0.39, 0.29) is 37.5 Å². The van der Waals surface area contributed by atoms with E-state index in [1.165, 1.54) is 186 Å². The van der Waals surface area contributed by atoms with Crippen LogP contribution < -0.4 is 0 Å². The molecular weight excluding hydrogens is 889 g/mol. The number of carbonyl (C=O) groups is 3. The van der Waals surface area contributed by atoms with Crippen molar-refractivity contribution >= 4 is 17.9 Å². The molecule has 6 heteroatoms. The van der Waals surface area contributed by atoms with Gasteiger partial charge in [-0.3, -0.25) is 14.4 Å². The molecule has 0 saturated heterocycles. The van der Waals surface area contributed by atoms with E-state index in [4.69, 9.17) is 14.2 Å². The van der Waals surface area contributed by atoms with Gasteiger partial charge in [0.25, 0.3) is 0 Å². The van der Waals surface area contributed by atoms with E-state index in [0.717, 1.165) is 77.0 Å². The van der Waals surface area contributed by atoms with E-state index >= 15 is 0 Å². The zero-order valence-electron chi connectivity index (χ0n) is 47.7. The largest absolute Gasteiger partial charge is 0.462 e. The van der Waals surface area contributed by atoms with Crippen molar-refractivity contribution in [3.8, 4) is 0 Å². The summed E-state index contributed by atoms with van der Waals surface area (Å²) in [5.41, 5.74) is 0. The van der Waals surface area contributed by atoms with Crippen molar-refractivity contribution in [2.24, 2.45) is 0 Å². The summed E-state index contributed by atoms with van der Waals surface area (Å²) in [6.45, 7) is 6.51. The molecule has 0 aromatic carbocycles. The third kappa shape index (κ3) is 57.7. The molecule has 0 fully saturated rings. The summed E-state index contributed by atoms with van der Waals surface area (Å²) in [4.78, 5) is 38.2. The van der Waals surface area contributed by atoms with Crippen LogP contribution in [0.2, 0.25) is 0 Å². The van der Waals surface area contributed by atoms with Gasteiger partial charge in [0.2, 0.25) is 0 Å². The quantitative estimate of drug-likeness (QED) is 0.0261. The summed E-state index contributed by atoms with van der Waals surface area (Å²) < 4.78 is 16.9. The summed E-state index contributed by atoms with van der Waals surface area (Å²) in [6, 6.07) is 0. The second-order valence-corrected chi connectivity index (χ2v) is 20.6. The molecule has 0 aliphatic heterocycles. The molecule has 0 heterocycles. The zero-order chi connectivity index (χ0) is 52.2. The molecule has 0 bridgehead atoms. The maximum Gasteiger partial charge on any atom is 0.306 e. The molecule has 0 aromatic rings. The average Bonchev–Trinajstić information content (AvgIpc) is 3.38. The fourth-order valence-electron chi connectivity index (χ4n) is 8.83. The van der Waals surface area contributed by atoms with Crippen LogP contribution in [-0.4, -0.2) is 37.2 Å². The maximum atomic E-state index is 12.9. The summed E-state index contributed by atoms with van der Waals surface area (Å²) in [5.74, 6) is -0.946. The van der Waals surface area contributed by atoms with Gasteiger partial charge in [0.1, 0.15) is 13.2 Å². The molecule has 0 amide bonds. The van der Waals surface area contributed by atoms with Crippen LogP contribution in [0.3, 0.4) is 0 Å². The van der Waals surface area contributed by atoms with Crippen molar-refractivity contribution in [1.29, 1.82) is 0 Å². The van der Waals surface area contributed by atoms with Crippen LogP contribution in [0.15, 0.2) is 72.9 Å². The zero-order valence-corrected chi connectivity index (χ0v) is 47.7. The number of carbonyl (C=O) groups excluding carboxylic acids is 3. The van der Waals surface area contributed by atoms with Crippen molar-refractivity contribution in [2.75, 3.05) is 13.2 Å². The van der Waals surface area contributed by atoms with Gasteiger partial charge >= 0.3 is 17.9 Å². The number of esters is 3. The first-order valence-corrected chi connectivity index (χ1v) is 30.9. The predicted molar refractivity (Wildman–Crippen MR) is 311 cm³/mol. The first-order chi connectivity index (χ1) is 35.5. The third-order valence-corrected chi connectivity index (χ3v) is 13.4. The second-order valence-electron chi connectivity index (χ2n) is 20.6. The second kappa shape index (κ2) is 60.4. The average molecular weight is 1010 g/mol. The van der Waals surface area contributed by atoms with Crippen molar-refractivity contribution in [1.82, 2.24) is 0 Å². The molecular formula is C66H116O6. The predicted octanol–water partition coefficient (Wildman–Crippen LogP) is 20.9. The Hall–Kier alpha value is -3.15. The molecule has 0 aliphatic rings. The van der Waals surface area contributed by atoms with E-state index < -0.39 is 6.10 Å². The summed E-state index contributed by atoms with van der Waals surface area (Å²) >= 11 is 0. The highest BCUT2D eigenvalue weighted by molar-refractivity contribution is 5.71. The van der Waals surface area contributed by atoms with Crippen molar-refractivity contribution in [3.05, 3.63) is 72.9 Å². The van der Waals surface area contributed by atoms with E-state index in [2.05, 4.69) is 93.7 Å². The topological polar surface area (TPSA) is 78.9 Å². The van der Waals surface area contributed by atoms with Gasteiger partial charge in [-0.05, 0) is 83.5 Å². The number of rotatable bonds is 56. The highest BCUT2D eigenvalue weighted by atomic mass is 16.6. The van der Waals surface area contributed by atoms with E-state index in [9.17, 15) is 14.4 Å². The lowest BCUT2D eigenvalue weighted by atomic mass is 10.0. The Bertz CT molecular complexity index is 1340. The van der Waals surface area contributed by atoms with Gasteiger partial charge in [-0.1, -0.05) is 280 Å². The first-order valence-electron chi connectivity index (χ1n) is 30.9. The fourth-order valence-corrected chi connectivity index (χ4v) is 8.83. The number of allylic oxidation sites excluding steroid dienone is 12. The Balaban J connectivity index is 4.42. The van der Waals surface area contributed by atoms with Gasteiger partial charge in [-0.25, -0.2) is 0 Å². The van der Waals surface area contributed by atoms with E-state index in [1.54, 1.807) is 0 Å². The summed E-state index contributed by atoms with van der Waals surface area (Å²) in [6.07, 6.45) is 77.7. The Morgan fingerprint density at radius 2 is 0.556 bits per heavy atom. The molecule has 0 N–H and O–H groups in total. The molecule has 0 aromatic heterocycles. The van der Waals surface area contributed by atoms with Gasteiger partial charge in [-0.15, -0.1) is 0 Å². The van der Waals surface area contributed by atoms with Crippen molar-refractivity contribution in [3.63, 3.8) is 0 Å². The molecule has 0 saturated carbocycles. The monoisotopic (exact) mass is 1000 g/mol. The first kappa shape index (κ1) is 68.8. The molecule has 0 aliphatic carbocycles. The van der Waals surface area contributed by atoms with Crippen LogP contribution in [0.1, 0.15) is 310 Å². The van der Waals surface area contributed by atoms with Gasteiger partial charge < -0.3 is 14.2 Å². The van der Waals surface area contributed by atoms with Crippen LogP contribution in [0.4, 0.5) is 0 Å².